The Bertz CT molecular complexity index is 1060. The summed E-state index contributed by atoms with van der Waals surface area (Å²) in [5.74, 6) is 0.575. The number of hydrogen-bond acceptors (Lipinski definition) is 6. The second-order valence-corrected chi connectivity index (χ2v) is 10.3. The molecule has 1 fully saturated rings. The van der Waals surface area contributed by atoms with Gasteiger partial charge in [-0.05, 0) is 36.6 Å². The fraction of sp³-hybridized carbons (Fsp3) is 0.300. The highest BCUT2D eigenvalue weighted by Crippen LogP contribution is 2.31. The normalized spacial score (nSPS) is 17.4. The first-order valence-electron chi connectivity index (χ1n) is 9.12. The maximum absolute atomic E-state index is 12.5. The van der Waals surface area contributed by atoms with Crippen LogP contribution in [-0.2, 0) is 9.84 Å². The zero-order chi connectivity index (χ0) is 19.7. The summed E-state index contributed by atoms with van der Waals surface area (Å²) < 4.78 is 24.3. The molecule has 4 rings (SSSR count). The van der Waals surface area contributed by atoms with E-state index in [0.717, 1.165) is 0 Å². The summed E-state index contributed by atoms with van der Waals surface area (Å²) in [6.45, 7) is 2.56. The van der Waals surface area contributed by atoms with E-state index in [0.29, 0.717) is 11.4 Å². The minimum atomic E-state index is -3.01. The molecular formula is C20H21N3O3S2. The van der Waals surface area contributed by atoms with Crippen LogP contribution in [0.4, 0.5) is 5.82 Å². The van der Waals surface area contributed by atoms with Crippen molar-refractivity contribution in [2.24, 2.45) is 0 Å². The van der Waals surface area contributed by atoms with Gasteiger partial charge < -0.3 is 10.2 Å². The lowest BCUT2D eigenvalue weighted by Gasteiger charge is -2.26. The Labute approximate surface area is 168 Å². The molecule has 1 atom stereocenters. The van der Waals surface area contributed by atoms with Crippen LogP contribution >= 0.6 is 11.3 Å². The SMILES string of the molecule is CC(Nc1ccc(C(=O)N2CCS(=O)(=O)CC2)cn1)c1cc2ccccc2s1. The fourth-order valence-electron chi connectivity index (χ4n) is 3.21. The van der Waals surface area contributed by atoms with Crippen molar-refractivity contribution in [3.05, 3.63) is 59.1 Å². The minimum Gasteiger partial charge on any atom is -0.363 e. The van der Waals surface area contributed by atoms with E-state index in [-0.39, 0.29) is 36.5 Å². The summed E-state index contributed by atoms with van der Waals surface area (Å²) in [5, 5.41) is 4.60. The second kappa shape index (κ2) is 7.52. The van der Waals surface area contributed by atoms with Gasteiger partial charge in [0.2, 0.25) is 0 Å². The summed E-state index contributed by atoms with van der Waals surface area (Å²) in [5.41, 5.74) is 0.472. The Kier molecular flexibility index (Phi) is 5.07. The fourth-order valence-corrected chi connectivity index (χ4v) is 5.48. The van der Waals surface area contributed by atoms with Gasteiger partial charge in [0.1, 0.15) is 5.82 Å². The predicted octanol–water partition coefficient (Wildman–Crippen LogP) is 3.34. The number of thiophene rings is 1. The van der Waals surface area contributed by atoms with Crippen molar-refractivity contribution in [1.82, 2.24) is 9.88 Å². The number of carbonyl (C=O) groups excluding carboxylic acids is 1. The van der Waals surface area contributed by atoms with Gasteiger partial charge in [-0.25, -0.2) is 13.4 Å². The van der Waals surface area contributed by atoms with E-state index in [1.165, 1.54) is 15.0 Å². The van der Waals surface area contributed by atoms with Gasteiger partial charge in [0, 0.05) is 28.9 Å². The zero-order valence-electron chi connectivity index (χ0n) is 15.5. The lowest BCUT2D eigenvalue weighted by Crippen LogP contribution is -2.43. The highest BCUT2D eigenvalue weighted by Gasteiger charge is 2.25. The third kappa shape index (κ3) is 4.02. The first-order valence-corrected chi connectivity index (χ1v) is 11.8. The Morgan fingerprint density at radius 3 is 2.61 bits per heavy atom. The average molecular weight is 416 g/mol. The molecule has 1 aliphatic heterocycles. The number of fused-ring (bicyclic) bond motifs is 1. The molecule has 1 unspecified atom stereocenters. The molecule has 3 heterocycles. The smallest absolute Gasteiger partial charge is 0.255 e. The molecule has 1 N–H and O–H groups in total. The molecule has 8 heteroatoms. The van der Waals surface area contributed by atoms with Gasteiger partial charge in [0.05, 0.1) is 23.1 Å². The van der Waals surface area contributed by atoms with E-state index in [9.17, 15) is 13.2 Å². The standard InChI is InChI=1S/C20H21N3O3S2/c1-14(18-12-15-4-2-3-5-17(15)27-18)22-19-7-6-16(13-21-19)20(24)23-8-10-28(25,26)11-9-23/h2-7,12-14H,8-11H2,1H3,(H,21,22). The number of hydrogen-bond donors (Lipinski definition) is 1. The molecular weight excluding hydrogens is 394 g/mol. The summed E-state index contributed by atoms with van der Waals surface area (Å²) in [6, 6.07) is 14.1. The van der Waals surface area contributed by atoms with Gasteiger partial charge >= 0.3 is 0 Å². The number of sulfone groups is 1. The molecule has 1 amide bonds. The third-order valence-corrected chi connectivity index (χ3v) is 7.79. The molecule has 0 saturated carbocycles. The topological polar surface area (TPSA) is 79.4 Å². The second-order valence-electron chi connectivity index (χ2n) is 6.93. The molecule has 1 saturated heterocycles. The molecule has 0 aliphatic carbocycles. The van der Waals surface area contributed by atoms with Crippen LogP contribution in [0.15, 0.2) is 48.7 Å². The van der Waals surface area contributed by atoms with Crippen LogP contribution in [0.25, 0.3) is 10.1 Å². The summed E-state index contributed by atoms with van der Waals surface area (Å²) >= 11 is 1.75. The quantitative estimate of drug-likeness (QED) is 0.707. The van der Waals surface area contributed by atoms with Crippen LogP contribution in [0.3, 0.4) is 0 Å². The number of benzene rings is 1. The van der Waals surface area contributed by atoms with Gasteiger partial charge in [0.15, 0.2) is 9.84 Å². The summed E-state index contributed by atoms with van der Waals surface area (Å²) in [7, 11) is -3.01. The molecule has 146 valence electrons. The van der Waals surface area contributed by atoms with Crippen LogP contribution in [0, 0.1) is 0 Å². The Balaban J connectivity index is 1.42. The number of pyridine rings is 1. The van der Waals surface area contributed by atoms with E-state index in [1.807, 2.05) is 12.1 Å². The molecule has 0 spiro atoms. The van der Waals surface area contributed by atoms with E-state index in [1.54, 1.807) is 34.6 Å². The van der Waals surface area contributed by atoms with Crippen molar-refractivity contribution in [2.75, 3.05) is 29.9 Å². The molecule has 3 aromatic rings. The highest BCUT2D eigenvalue weighted by atomic mass is 32.2. The number of amides is 1. The molecule has 1 aliphatic rings. The average Bonchev–Trinajstić information content (AvgIpc) is 3.12. The van der Waals surface area contributed by atoms with Crippen molar-refractivity contribution < 1.29 is 13.2 Å². The van der Waals surface area contributed by atoms with Crippen molar-refractivity contribution in [2.45, 2.75) is 13.0 Å². The first-order chi connectivity index (χ1) is 13.4. The molecule has 6 nitrogen and oxygen atoms in total. The maximum atomic E-state index is 12.5. The Hall–Kier alpha value is -2.45. The third-order valence-electron chi connectivity index (χ3n) is 4.88. The largest absolute Gasteiger partial charge is 0.363 e. The van der Waals surface area contributed by atoms with Crippen molar-refractivity contribution in [3.63, 3.8) is 0 Å². The van der Waals surface area contributed by atoms with Crippen molar-refractivity contribution in [1.29, 1.82) is 0 Å². The molecule has 0 radical (unpaired) electrons. The minimum absolute atomic E-state index is 0.0263. The number of rotatable bonds is 4. The van der Waals surface area contributed by atoms with Gasteiger partial charge in [-0.1, -0.05) is 18.2 Å². The maximum Gasteiger partial charge on any atom is 0.255 e. The van der Waals surface area contributed by atoms with E-state index in [2.05, 4.69) is 35.4 Å². The molecule has 2 aromatic heterocycles. The molecule has 1 aromatic carbocycles. The van der Waals surface area contributed by atoms with Gasteiger partial charge in [-0.15, -0.1) is 11.3 Å². The Morgan fingerprint density at radius 2 is 1.93 bits per heavy atom. The number of nitrogens with one attached hydrogen (secondary N) is 1. The van der Waals surface area contributed by atoms with Gasteiger partial charge in [-0.3, -0.25) is 4.79 Å². The lowest BCUT2D eigenvalue weighted by atomic mass is 10.2. The van der Waals surface area contributed by atoms with Crippen LogP contribution < -0.4 is 5.32 Å². The zero-order valence-corrected chi connectivity index (χ0v) is 17.1. The van der Waals surface area contributed by atoms with Crippen molar-refractivity contribution >= 4 is 43.0 Å². The van der Waals surface area contributed by atoms with Crippen LogP contribution in [0.1, 0.15) is 28.2 Å². The molecule has 28 heavy (non-hydrogen) atoms. The van der Waals surface area contributed by atoms with Crippen LogP contribution in [0.5, 0.6) is 0 Å². The van der Waals surface area contributed by atoms with Crippen molar-refractivity contribution in [3.8, 4) is 0 Å². The monoisotopic (exact) mass is 415 g/mol. The van der Waals surface area contributed by atoms with E-state index < -0.39 is 9.84 Å². The predicted molar refractivity (Wildman–Crippen MR) is 113 cm³/mol. The lowest BCUT2D eigenvalue weighted by molar-refractivity contribution is 0.0770. The molecule has 0 bridgehead atoms. The van der Waals surface area contributed by atoms with E-state index >= 15 is 0 Å². The highest BCUT2D eigenvalue weighted by molar-refractivity contribution is 7.91. The van der Waals surface area contributed by atoms with Crippen LogP contribution in [0.2, 0.25) is 0 Å². The summed E-state index contributed by atoms with van der Waals surface area (Å²) in [6.07, 6.45) is 1.55. The first kappa shape index (κ1) is 18.9. The Morgan fingerprint density at radius 1 is 1.18 bits per heavy atom. The number of anilines is 1. The van der Waals surface area contributed by atoms with Crippen LogP contribution in [-0.4, -0.2) is 48.8 Å². The summed E-state index contributed by atoms with van der Waals surface area (Å²) in [4.78, 5) is 19.7. The van der Waals surface area contributed by atoms with E-state index in [4.69, 9.17) is 0 Å². The number of aromatic nitrogens is 1. The van der Waals surface area contributed by atoms with Gasteiger partial charge in [0.25, 0.3) is 5.91 Å². The number of carbonyl (C=O) groups is 1. The number of nitrogens with zero attached hydrogens (tertiary/aromatic N) is 2. The van der Waals surface area contributed by atoms with Gasteiger partial charge in [-0.2, -0.15) is 0 Å².